The second-order valence-corrected chi connectivity index (χ2v) is 4.39. The van der Waals surface area contributed by atoms with Gasteiger partial charge in [-0.05, 0) is 44.1 Å². The lowest BCUT2D eigenvalue weighted by molar-refractivity contribution is 0.443. The number of hydrogen-bond acceptors (Lipinski definition) is 0. The quantitative estimate of drug-likeness (QED) is 0.574. The van der Waals surface area contributed by atoms with Crippen molar-refractivity contribution in [3.8, 4) is 0 Å². The van der Waals surface area contributed by atoms with Crippen molar-refractivity contribution >= 4 is 0 Å². The Hall–Kier alpha value is -0.920. The Morgan fingerprint density at radius 3 is 2.33 bits per heavy atom. The van der Waals surface area contributed by atoms with Crippen LogP contribution in [-0.4, -0.2) is 0 Å². The third-order valence-corrected chi connectivity index (χ3v) is 2.92. The molecule has 1 rings (SSSR count). The van der Waals surface area contributed by atoms with E-state index in [1.54, 1.807) is 13.0 Å². The highest BCUT2D eigenvalue weighted by Gasteiger charge is 2.13. The molecule has 0 spiro atoms. The van der Waals surface area contributed by atoms with Crippen molar-refractivity contribution in [2.24, 2.45) is 5.92 Å². The Morgan fingerprint density at radius 1 is 1.33 bits per heavy atom. The number of rotatable bonds is 2. The molecule has 0 aromatic heterocycles. The van der Waals surface area contributed by atoms with E-state index in [1.807, 2.05) is 0 Å². The van der Waals surface area contributed by atoms with E-state index >= 15 is 0 Å². The van der Waals surface area contributed by atoms with Gasteiger partial charge in [-0.2, -0.15) is 0 Å². The summed E-state index contributed by atoms with van der Waals surface area (Å²) in [7, 11) is 0. The molecule has 15 heavy (non-hydrogen) atoms. The molecule has 0 aromatic carbocycles. The summed E-state index contributed by atoms with van der Waals surface area (Å²) in [4.78, 5) is 0. The van der Waals surface area contributed by atoms with Crippen LogP contribution in [-0.2, 0) is 0 Å². The van der Waals surface area contributed by atoms with Gasteiger partial charge in [0.25, 0.3) is 0 Å². The Balaban J connectivity index is 2.71. The molecule has 84 valence electrons. The van der Waals surface area contributed by atoms with Gasteiger partial charge in [0, 0.05) is 0 Å². The molecule has 1 saturated carbocycles. The predicted molar refractivity (Wildman–Crippen MR) is 59.8 cm³/mol. The molecule has 0 N–H and O–H groups in total. The minimum absolute atomic E-state index is 0.354. The van der Waals surface area contributed by atoms with Gasteiger partial charge in [0.1, 0.15) is 0 Å². The fraction of sp³-hybridized carbons (Fsp3) is 0.538. The molecule has 0 heterocycles. The maximum atomic E-state index is 13.1. The lowest BCUT2D eigenvalue weighted by atomic mass is 9.86. The van der Waals surface area contributed by atoms with Gasteiger partial charge in [0.15, 0.2) is 11.7 Å². The molecule has 0 radical (unpaired) electrons. The molecule has 1 aliphatic rings. The Labute approximate surface area is 90.4 Å². The Bertz CT molecular complexity index is 300. The highest BCUT2D eigenvalue weighted by molar-refractivity contribution is 5.32. The van der Waals surface area contributed by atoms with E-state index in [-0.39, 0.29) is 0 Å². The summed E-state index contributed by atoms with van der Waals surface area (Å²) in [6.45, 7) is 6.77. The lowest BCUT2D eigenvalue weighted by Crippen LogP contribution is -2.04. The maximum absolute atomic E-state index is 13.1. The molecule has 0 bridgehead atoms. The zero-order chi connectivity index (χ0) is 11.4. The van der Waals surface area contributed by atoms with Gasteiger partial charge in [-0.1, -0.05) is 25.2 Å². The number of halogens is 2. The molecular formula is C13H18F2. The predicted octanol–water partition coefficient (Wildman–Crippen LogP) is 4.85. The molecule has 0 amide bonds. The van der Waals surface area contributed by atoms with Crippen molar-refractivity contribution < 1.29 is 8.78 Å². The Kier molecular flexibility index (Phi) is 4.25. The normalized spacial score (nSPS) is 23.5. The third kappa shape index (κ3) is 3.61. The summed E-state index contributed by atoms with van der Waals surface area (Å²) in [6.07, 6.45) is 6.08. The molecule has 1 fully saturated rings. The van der Waals surface area contributed by atoms with Crippen molar-refractivity contribution in [2.45, 2.75) is 39.5 Å². The van der Waals surface area contributed by atoms with E-state index in [0.29, 0.717) is 5.57 Å². The van der Waals surface area contributed by atoms with Crippen molar-refractivity contribution in [1.82, 2.24) is 0 Å². The molecule has 0 aromatic rings. The monoisotopic (exact) mass is 212 g/mol. The van der Waals surface area contributed by atoms with Gasteiger partial charge in [0.05, 0.1) is 0 Å². The van der Waals surface area contributed by atoms with Crippen molar-refractivity contribution in [3.63, 3.8) is 0 Å². The van der Waals surface area contributed by atoms with Gasteiger partial charge in [0.2, 0.25) is 0 Å². The number of hydrogen-bond donors (Lipinski definition) is 0. The fourth-order valence-electron chi connectivity index (χ4n) is 1.86. The molecule has 0 unspecified atom stereocenters. The minimum atomic E-state index is -0.978. The summed E-state index contributed by atoms with van der Waals surface area (Å²) >= 11 is 0. The Morgan fingerprint density at radius 2 is 1.87 bits per heavy atom. The van der Waals surface area contributed by atoms with Crippen molar-refractivity contribution in [1.29, 1.82) is 0 Å². The van der Waals surface area contributed by atoms with Crippen LogP contribution in [0.5, 0.6) is 0 Å². The van der Waals surface area contributed by atoms with Crippen LogP contribution in [0.2, 0.25) is 0 Å². The van der Waals surface area contributed by atoms with E-state index in [2.05, 4.69) is 13.5 Å². The highest BCUT2D eigenvalue weighted by Crippen LogP contribution is 2.29. The summed E-state index contributed by atoms with van der Waals surface area (Å²) in [5.74, 6) is -1.04. The first kappa shape index (κ1) is 12.2. The van der Waals surface area contributed by atoms with E-state index in [4.69, 9.17) is 0 Å². The van der Waals surface area contributed by atoms with E-state index in [1.165, 1.54) is 5.57 Å². The molecule has 0 aliphatic heterocycles. The maximum Gasteiger partial charge on any atom is 0.161 e. The van der Waals surface area contributed by atoms with Crippen LogP contribution >= 0.6 is 0 Å². The van der Waals surface area contributed by atoms with Crippen LogP contribution in [0.25, 0.3) is 0 Å². The zero-order valence-corrected chi connectivity index (χ0v) is 9.45. The first-order valence-electron chi connectivity index (χ1n) is 5.41. The first-order valence-corrected chi connectivity index (χ1v) is 5.41. The van der Waals surface area contributed by atoms with Crippen LogP contribution in [0.3, 0.4) is 0 Å². The van der Waals surface area contributed by atoms with E-state index in [0.717, 1.165) is 31.6 Å². The van der Waals surface area contributed by atoms with Gasteiger partial charge in [-0.3, -0.25) is 0 Å². The first-order chi connectivity index (χ1) is 7.00. The molecule has 0 nitrogen and oxygen atoms in total. The van der Waals surface area contributed by atoms with E-state index in [9.17, 15) is 8.78 Å². The fourth-order valence-corrected chi connectivity index (χ4v) is 1.86. The second-order valence-electron chi connectivity index (χ2n) is 4.39. The van der Waals surface area contributed by atoms with Crippen LogP contribution in [0, 0.1) is 5.92 Å². The number of allylic oxidation sites excluding steroid dienone is 5. The van der Waals surface area contributed by atoms with Crippen LogP contribution in [0.1, 0.15) is 39.5 Å². The molecule has 0 saturated heterocycles. The van der Waals surface area contributed by atoms with Gasteiger partial charge in [-0.25, -0.2) is 8.78 Å². The zero-order valence-electron chi connectivity index (χ0n) is 9.45. The third-order valence-electron chi connectivity index (χ3n) is 2.92. The SMILES string of the molecule is C=C(F)/C(F)=C(/C)C=C1CCC(C)CC1. The van der Waals surface area contributed by atoms with Gasteiger partial charge < -0.3 is 0 Å². The summed E-state index contributed by atoms with van der Waals surface area (Å²) in [6, 6.07) is 0. The summed E-state index contributed by atoms with van der Waals surface area (Å²) in [5, 5.41) is 0. The van der Waals surface area contributed by atoms with Crippen LogP contribution in [0.4, 0.5) is 8.78 Å². The van der Waals surface area contributed by atoms with Crippen molar-refractivity contribution in [3.05, 3.63) is 35.5 Å². The molecular weight excluding hydrogens is 194 g/mol. The minimum Gasteiger partial charge on any atom is -0.204 e. The molecule has 1 aliphatic carbocycles. The average Bonchev–Trinajstić information content (AvgIpc) is 2.20. The smallest absolute Gasteiger partial charge is 0.161 e. The molecule has 2 heteroatoms. The average molecular weight is 212 g/mol. The van der Waals surface area contributed by atoms with Crippen LogP contribution in [0.15, 0.2) is 35.5 Å². The second kappa shape index (κ2) is 5.24. The highest BCUT2D eigenvalue weighted by atomic mass is 19.2. The van der Waals surface area contributed by atoms with Gasteiger partial charge >= 0.3 is 0 Å². The topological polar surface area (TPSA) is 0 Å². The largest absolute Gasteiger partial charge is 0.204 e. The van der Waals surface area contributed by atoms with E-state index < -0.39 is 11.7 Å². The lowest BCUT2D eigenvalue weighted by Gasteiger charge is -2.20. The summed E-state index contributed by atoms with van der Waals surface area (Å²) < 4.78 is 25.6. The molecule has 0 atom stereocenters. The summed E-state index contributed by atoms with van der Waals surface area (Å²) in [5.41, 5.74) is 1.58. The standard InChI is InChI=1S/C13H18F2/c1-9-4-6-12(7-5-9)8-10(2)13(15)11(3)14/h8-9H,3-7H2,1-2H3/b12-8?,13-10+. The van der Waals surface area contributed by atoms with Crippen molar-refractivity contribution in [2.75, 3.05) is 0 Å². The van der Waals surface area contributed by atoms with Crippen LogP contribution < -0.4 is 0 Å². The van der Waals surface area contributed by atoms with Gasteiger partial charge in [-0.15, -0.1) is 0 Å².